The van der Waals surface area contributed by atoms with Crippen LogP contribution in [0, 0.1) is 11.3 Å². The molecule has 4 aromatic rings. The van der Waals surface area contributed by atoms with E-state index in [-0.39, 0.29) is 0 Å². The van der Waals surface area contributed by atoms with Crippen molar-refractivity contribution in [1.82, 2.24) is 14.5 Å². The molecule has 10 heteroatoms. The highest BCUT2D eigenvalue weighted by Gasteiger charge is 2.28. The summed E-state index contributed by atoms with van der Waals surface area (Å²) in [7, 11) is 1.70. The maximum atomic E-state index is 11.0. The fraction of sp³-hybridized carbons (Fsp3) is 0.333. The van der Waals surface area contributed by atoms with Crippen LogP contribution in [0.2, 0.25) is 0 Å². The number of hydrazine groups is 1. The van der Waals surface area contributed by atoms with Gasteiger partial charge in [-0.3, -0.25) is 9.80 Å². The number of thioether (sulfide) groups is 1. The van der Waals surface area contributed by atoms with Crippen molar-refractivity contribution in [2.75, 3.05) is 24.5 Å². The summed E-state index contributed by atoms with van der Waals surface area (Å²) in [6, 6.07) is 17.9. The van der Waals surface area contributed by atoms with Crippen LogP contribution in [-0.4, -0.2) is 46.5 Å². The summed E-state index contributed by atoms with van der Waals surface area (Å²) in [5.41, 5.74) is 4.03. The predicted molar refractivity (Wildman–Crippen MR) is 158 cm³/mol. The second-order valence-corrected chi connectivity index (χ2v) is 10.6. The van der Waals surface area contributed by atoms with Gasteiger partial charge in [0, 0.05) is 42.8 Å². The van der Waals surface area contributed by atoms with Gasteiger partial charge in [0.1, 0.15) is 11.8 Å². The standard InChI is InChI=1S/C26H24N6O2S.C4H10O/c27-16-23-22-10-9-21(34-13-14-35-26-29-11-2-12-30-26)15-24(22)32(20-3-1-4-20)25(23)18-5-7-19(8-6-18)31(28)17-33;1-4(2)5-3/h2,5-12,15,17,20H,1,3-4,13-14,28H2;4H,1-3H3. The Labute approximate surface area is 238 Å². The molecule has 5 rings (SSSR count). The first kappa shape index (κ1) is 29.1. The lowest BCUT2D eigenvalue weighted by atomic mass is 9.92. The summed E-state index contributed by atoms with van der Waals surface area (Å²) in [6.45, 7) is 4.52. The molecule has 1 saturated carbocycles. The normalized spacial score (nSPS) is 12.8. The van der Waals surface area contributed by atoms with E-state index in [1.165, 1.54) is 6.42 Å². The van der Waals surface area contributed by atoms with Crippen molar-refractivity contribution in [2.45, 2.75) is 50.4 Å². The average molecular weight is 559 g/mol. The van der Waals surface area contributed by atoms with Gasteiger partial charge in [0.15, 0.2) is 5.16 Å². The number of benzene rings is 2. The molecule has 40 heavy (non-hydrogen) atoms. The zero-order valence-electron chi connectivity index (χ0n) is 23.0. The van der Waals surface area contributed by atoms with Crippen LogP contribution in [0.1, 0.15) is 44.7 Å². The molecule has 0 radical (unpaired) electrons. The molecule has 0 unspecified atom stereocenters. The van der Waals surface area contributed by atoms with Crippen molar-refractivity contribution < 1.29 is 14.3 Å². The zero-order chi connectivity index (χ0) is 28.5. The molecule has 2 N–H and O–H groups in total. The molecule has 9 nitrogen and oxygen atoms in total. The predicted octanol–water partition coefficient (Wildman–Crippen LogP) is 5.74. The first-order valence-electron chi connectivity index (χ1n) is 13.2. The van der Waals surface area contributed by atoms with Crippen LogP contribution in [0.4, 0.5) is 5.69 Å². The smallest absolute Gasteiger partial charge is 0.228 e. The zero-order valence-corrected chi connectivity index (χ0v) is 23.8. The van der Waals surface area contributed by atoms with Gasteiger partial charge in [0.25, 0.3) is 0 Å². The molecule has 1 fully saturated rings. The number of nitrogens with two attached hydrogens (primary N) is 1. The van der Waals surface area contributed by atoms with Crippen molar-refractivity contribution in [3.8, 4) is 23.1 Å². The van der Waals surface area contributed by atoms with Gasteiger partial charge in [0.2, 0.25) is 6.41 Å². The van der Waals surface area contributed by atoms with E-state index >= 15 is 0 Å². The van der Waals surface area contributed by atoms with E-state index in [1.54, 1.807) is 49.5 Å². The van der Waals surface area contributed by atoms with E-state index in [2.05, 4.69) is 20.6 Å². The molecule has 2 aromatic heterocycles. The molecular formula is C30H34N6O3S. The van der Waals surface area contributed by atoms with Gasteiger partial charge in [-0.1, -0.05) is 23.9 Å². The number of nitriles is 1. The SMILES string of the molecule is COC(C)C.N#Cc1c(-c2ccc(N(N)C=O)cc2)n(C2CCC2)c2cc(OCCSc3ncccn3)ccc12. The molecule has 2 aromatic carbocycles. The van der Waals surface area contributed by atoms with Gasteiger partial charge in [-0.15, -0.1) is 0 Å². The van der Waals surface area contributed by atoms with Gasteiger partial charge < -0.3 is 14.0 Å². The molecule has 1 aliphatic carbocycles. The lowest BCUT2D eigenvalue weighted by Gasteiger charge is -2.30. The number of fused-ring (bicyclic) bond motifs is 1. The van der Waals surface area contributed by atoms with E-state index in [0.29, 0.717) is 36.4 Å². The number of amides is 1. The third-order valence-electron chi connectivity index (χ3n) is 6.68. The molecule has 0 bridgehead atoms. The quantitative estimate of drug-likeness (QED) is 0.0497. The fourth-order valence-electron chi connectivity index (χ4n) is 4.31. The van der Waals surface area contributed by atoms with Crippen LogP contribution in [0.25, 0.3) is 22.2 Å². The third kappa shape index (κ3) is 6.80. The van der Waals surface area contributed by atoms with E-state index in [0.717, 1.165) is 56.7 Å². The minimum atomic E-state index is 0.330. The van der Waals surface area contributed by atoms with Crippen molar-refractivity contribution in [1.29, 1.82) is 5.26 Å². The van der Waals surface area contributed by atoms with E-state index < -0.39 is 0 Å². The summed E-state index contributed by atoms with van der Waals surface area (Å²) in [6.07, 6.45) is 7.71. The second kappa shape index (κ2) is 13.9. The number of hydrogen-bond acceptors (Lipinski definition) is 8. The Morgan fingerprint density at radius 1 is 1.20 bits per heavy atom. The molecule has 0 spiro atoms. The molecule has 0 aliphatic heterocycles. The maximum Gasteiger partial charge on any atom is 0.228 e. The van der Waals surface area contributed by atoms with Crippen LogP contribution in [-0.2, 0) is 9.53 Å². The number of hydrogen-bond donors (Lipinski definition) is 1. The summed E-state index contributed by atoms with van der Waals surface area (Å²) in [4.78, 5) is 19.4. The highest BCUT2D eigenvalue weighted by Crippen LogP contribution is 2.43. The molecule has 1 amide bonds. The summed E-state index contributed by atoms with van der Waals surface area (Å²) in [5, 5.41) is 12.8. The summed E-state index contributed by atoms with van der Waals surface area (Å²) in [5.74, 6) is 7.19. The first-order valence-corrected chi connectivity index (χ1v) is 14.2. The topological polar surface area (TPSA) is 119 Å². The Morgan fingerprint density at radius 2 is 1.90 bits per heavy atom. The number of methoxy groups -OCH3 is 1. The Bertz CT molecular complexity index is 1450. The van der Waals surface area contributed by atoms with Crippen molar-refractivity contribution in [3.05, 3.63) is 66.5 Å². The molecule has 208 valence electrons. The Morgan fingerprint density at radius 3 is 2.48 bits per heavy atom. The van der Waals surface area contributed by atoms with Crippen molar-refractivity contribution >= 4 is 34.8 Å². The van der Waals surface area contributed by atoms with Crippen LogP contribution in [0.5, 0.6) is 5.75 Å². The number of nitrogens with zero attached hydrogens (tertiary/aromatic N) is 5. The lowest BCUT2D eigenvalue weighted by molar-refractivity contribution is -0.107. The van der Waals surface area contributed by atoms with Crippen LogP contribution < -0.4 is 15.6 Å². The molecular weight excluding hydrogens is 524 g/mol. The van der Waals surface area contributed by atoms with Gasteiger partial charge in [-0.05, 0) is 69.0 Å². The largest absolute Gasteiger partial charge is 0.493 e. The highest BCUT2D eigenvalue weighted by molar-refractivity contribution is 7.99. The molecule has 1 aliphatic rings. The maximum absolute atomic E-state index is 11.0. The number of rotatable bonds is 10. The first-order chi connectivity index (χ1) is 19.5. The van der Waals surface area contributed by atoms with E-state index in [9.17, 15) is 10.1 Å². The Balaban J connectivity index is 0.000000681. The number of carbonyl (C=O) groups excluding carboxylic acids is 1. The Kier molecular flexibility index (Phi) is 10.1. The second-order valence-electron chi connectivity index (χ2n) is 9.54. The van der Waals surface area contributed by atoms with Gasteiger partial charge >= 0.3 is 0 Å². The molecule has 2 heterocycles. The summed E-state index contributed by atoms with van der Waals surface area (Å²) >= 11 is 1.55. The van der Waals surface area contributed by atoms with E-state index in [1.807, 2.05) is 44.2 Å². The van der Waals surface area contributed by atoms with Crippen LogP contribution in [0.15, 0.2) is 66.1 Å². The van der Waals surface area contributed by atoms with Crippen molar-refractivity contribution in [2.24, 2.45) is 5.84 Å². The van der Waals surface area contributed by atoms with Crippen LogP contribution >= 0.6 is 11.8 Å². The minimum absolute atomic E-state index is 0.330. The van der Waals surface area contributed by atoms with E-state index in [4.69, 9.17) is 15.3 Å². The molecule has 0 saturated heterocycles. The number of aromatic nitrogens is 3. The minimum Gasteiger partial charge on any atom is -0.493 e. The summed E-state index contributed by atoms with van der Waals surface area (Å²) < 4.78 is 13.1. The van der Waals surface area contributed by atoms with Crippen molar-refractivity contribution in [3.63, 3.8) is 0 Å². The number of ether oxygens (including phenoxy) is 2. The number of carbonyl (C=O) groups is 1. The number of anilines is 1. The fourth-order valence-corrected chi connectivity index (χ4v) is 4.93. The molecule has 0 atom stereocenters. The average Bonchev–Trinajstić information content (AvgIpc) is 3.28. The Hall–Kier alpha value is -3.91. The lowest BCUT2D eigenvalue weighted by Crippen LogP contribution is -2.28. The van der Waals surface area contributed by atoms with Gasteiger partial charge in [-0.2, -0.15) is 5.26 Å². The van der Waals surface area contributed by atoms with Gasteiger partial charge in [-0.25, -0.2) is 15.8 Å². The van der Waals surface area contributed by atoms with Gasteiger partial charge in [0.05, 0.1) is 35.2 Å². The third-order valence-corrected chi connectivity index (χ3v) is 7.52. The van der Waals surface area contributed by atoms with Crippen LogP contribution in [0.3, 0.4) is 0 Å². The monoisotopic (exact) mass is 558 g/mol. The highest BCUT2D eigenvalue weighted by atomic mass is 32.2.